The topological polar surface area (TPSA) is 71.3 Å². The van der Waals surface area contributed by atoms with Gasteiger partial charge in [0.25, 0.3) is 0 Å². The van der Waals surface area contributed by atoms with Crippen molar-refractivity contribution in [1.82, 2.24) is 20.4 Å². The molecular weight excluding hydrogens is 348 g/mol. The standard InChI is InChI=1S/C19H22N4O2S/c1-23(2)15(16-9-6-12-26-16)13-20-17(24)10-11-18-21-19(22-25-18)14-7-4-3-5-8-14/h3-9,12,15H,10-11,13H2,1-2H3,(H,20,24)/t15-/m0/s1. The molecule has 26 heavy (non-hydrogen) atoms. The number of benzene rings is 1. The Balaban J connectivity index is 1.49. The number of amides is 1. The molecular formula is C19H22N4O2S. The van der Waals surface area contributed by atoms with Crippen LogP contribution < -0.4 is 5.32 Å². The Bertz CT molecular complexity index is 815. The van der Waals surface area contributed by atoms with Crippen LogP contribution in [0.25, 0.3) is 11.4 Å². The zero-order valence-corrected chi connectivity index (χ0v) is 15.7. The molecule has 6 nitrogen and oxygen atoms in total. The van der Waals surface area contributed by atoms with Crippen molar-refractivity contribution in [1.29, 1.82) is 0 Å². The van der Waals surface area contributed by atoms with E-state index in [9.17, 15) is 4.79 Å². The molecule has 0 saturated heterocycles. The first-order chi connectivity index (χ1) is 12.6. The quantitative estimate of drug-likeness (QED) is 0.659. The van der Waals surface area contributed by atoms with Crippen LogP contribution in [-0.4, -0.2) is 41.6 Å². The molecule has 0 spiro atoms. The van der Waals surface area contributed by atoms with Gasteiger partial charge < -0.3 is 14.7 Å². The number of likely N-dealkylation sites (N-methyl/N-ethyl adjacent to an activating group) is 1. The SMILES string of the molecule is CN(C)[C@@H](CNC(=O)CCc1nc(-c2ccccc2)no1)c1cccs1. The first-order valence-corrected chi connectivity index (χ1v) is 9.36. The minimum atomic E-state index is -0.0205. The number of hydrogen-bond donors (Lipinski definition) is 1. The second-order valence-electron chi connectivity index (χ2n) is 6.18. The molecule has 1 N–H and O–H groups in total. The molecule has 1 atom stereocenters. The molecule has 1 amide bonds. The highest BCUT2D eigenvalue weighted by molar-refractivity contribution is 7.10. The highest BCUT2D eigenvalue weighted by Crippen LogP contribution is 2.22. The van der Waals surface area contributed by atoms with Gasteiger partial charge in [0.05, 0.1) is 6.04 Å². The van der Waals surface area contributed by atoms with Gasteiger partial charge in [0, 0.05) is 29.8 Å². The number of carbonyl (C=O) groups excluding carboxylic acids is 1. The normalized spacial score (nSPS) is 12.3. The Morgan fingerprint density at radius 2 is 2.04 bits per heavy atom. The third-order valence-corrected chi connectivity index (χ3v) is 5.03. The van der Waals surface area contributed by atoms with Crippen LogP contribution in [0, 0.1) is 0 Å². The Morgan fingerprint density at radius 1 is 1.23 bits per heavy atom. The summed E-state index contributed by atoms with van der Waals surface area (Å²) in [7, 11) is 4.03. The molecule has 2 heterocycles. The summed E-state index contributed by atoms with van der Waals surface area (Å²) in [5.74, 6) is 1.00. The number of nitrogens with one attached hydrogen (secondary N) is 1. The number of rotatable bonds is 8. The molecule has 0 unspecified atom stereocenters. The molecule has 0 saturated carbocycles. The third-order valence-electron chi connectivity index (χ3n) is 4.05. The molecule has 1 aromatic carbocycles. The average molecular weight is 370 g/mol. The summed E-state index contributed by atoms with van der Waals surface area (Å²) in [6.07, 6.45) is 0.748. The maximum absolute atomic E-state index is 12.2. The van der Waals surface area contributed by atoms with Crippen molar-refractivity contribution >= 4 is 17.2 Å². The van der Waals surface area contributed by atoms with Crippen molar-refractivity contribution in [2.24, 2.45) is 0 Å². The van der Waals surface area contributed by atoms with E-state index in [2.05, 4.69) is 26.4 Å². The summed E-state index contributed by atoms with van der Waals surface area (Å²) in [5.41, 5.74) is 0.900. The van der Waals surface area contributed by atoms with E-state index in [4.69, 9.17) is 4.52 Å². The van der Waals surface area contributed by atoms with E-state index in [1.165, 1.54) is 4.88 Å². The molecule has 2 aromatic heterocycles. The fourth-order valence-corrected chi connectivity index (χ4v) is 3.52. The lowest BCUT2D eigenvalue weighted by Crippen LogP contribution is -2.34. The van der Waals surface area contributed by atoms with Crippen molar-refractivity contribution in [3.05, 3.63) is 58.6 Å². The van der Waals surface area contributed by atoms with Crippen LogP contribution in [0.2, 0.25) is 0 Å². The maximum atomic E-state index is 12.2. The third kappa shape index (κ3) is 4.77. The number of carbonyl (C=O) groups is 1. The number of aryl methyl sites for hydroxylation is 1. The molecule has 0 aliphatic carbocycles. The van der Waals surface area contributed by atoms with Gasteiger partial charge in [0.1, 0.15) is 0 Å². The molecule has 0 fully saturated rings. The molecule has 0 aliphatic heterocycles. The van der Waals surface area contributed by atoms with Crippen molar-refractivity contribution in [2.75, 3.05) is 20.6 Å². The van der Waals surface area contributed by atoms with Gasteiger partial charge in [-0.25, -0.2) is 0 Å². The van der Waals surface area contributed by atoms with Crippen LogP contribution in [-0.2, 0) is 11.2 Å². The minimum absolute atomic E-state index is 0.0205. The molecule has 0 radical (unpaired) electrons. The van der Waals surface area contributed by atoms with Gasteiger partial charge >= 0.3 is 0 Å². The summed E-state index contributed by atoms with van der Waals surface area (Å²) in [6, 6.07) is 13.9. The fourth-order valence-electron chi connectivity index (χ4n) is 2.60. The average Bonchev–Trinajstić information content (AvgIpc) is 3.33. The Kier molecular flexibility index (Phi) is 6.14. The van der Waals surface area contributed by atoms with Crippen LogP contribution in [0.5, 0.6) is 0 Å². The first kappa shape index (κ1) is 18.3. The van der Waals surface area contributed by atoms with E-state index < -0.39 is 0 Å². The number of aromatic nitrogens is 2. The molecule has 7 heteroatoms. The number of nitrogens with zero attached hydrogens (tertiary/aromatic N) is 3. The first-order valence-electron chi connectivity index (χ1n) is 8.48. The lowest BCUT2D eigenvalue weighted by Gasteiger charge is -2.23. The molecule has 3 aromatic rings. The highest BCUT2D eigenvalue weighted by atomic mass is 32.1. The van der Waals surface area contributed by atoms with Gasteiger partial charge in [-0.2, -0.15) is 4.98 Å². The van der Waals surface area contributed by atoms with Crippen molar-refractivity contribution in [2.45, 2.75) is 18.9 Å². The molecule has 0 aliphatic rings. The zero-order chi connectivity index (χ0) is 18.4. The van der Waals surface area contributed by atoms with Crippen LogP contribution in [0.4, 0.5) is 0 Å². The van der Waals surface area contributed by atoms with Gasteiger partial charge in [-0.15, -0.1) is 11.3 Å². The second-order valence-corrected chi connectivity index (χ2v) is 7.16. The van der Waals surface area contributed by atoms with Gasteiger partial charge in [0.15, 0.2) is 0 Å². The predicted molar refractivity (Wildman–Crippen MR) is 102 cm³/mol. The predicted octanol–water partition coefficient (Wildman–Crippen LogP) is 3.15. The van der Waals surface area contributed by atoms with E-state index in [1.807, 2.05) is 55.9 Å². The molecule has 136 valence electrons. The summed E-state index contributed by atoms with van der Waals surface area (Å²) >= 11 is 1.70. The largest absolute Gasteiger partial charge is 0.354 e. The van der Waals surface area contributed by atoms with Crippen molar-refractivity contribution in [3.63, 3.8) is 0 Å². The van der Waals surface area contributed by atoms with Crippen LogP contribution in [0.15, 0.2) is 52.4 Å². The van der Waals surface area contributed by atoms with Gasteiger partial charge in [-0.1, -0.05) is 41.6 Å². The van der Waals surface area contributed by atoms with E-state index >= 15 is 0 Å². The van der Waals surface area contributed by atoms with Crippen LogP contribution >= 0.6 is 11.3 Å². The van der Waals surface area contributed by atoms with Crippen LogP contribution in [0.3, 0.4) is 0 Å². The number of hydrogen-bond acceptors (Lipinski definition) is 6. The zero-order valence-electron chi connectivity index (χ0n) is 14.9. The lowest BCUT2D eigenvalue weighted by atomic mass is 10.2. The summed E-state index contributed by atoms with van der Waals surface area (Å²) in [5, 5.41) is 9.02. The Hall–Kier alpha value is -2.51. The summed E-state index contributed by atoms with van der Waals surface area (Å²) in [6.45, 7) is 0.575. The number of thiophene rings is 1. The maximum Gasteiger partial charge on any atom is 0.227 e. The van der Waals surface area contributed by atoms with E-state index in [-0.39, 0.29) is 11.9 Å². The highest BCUT2D eigenvalue weighted by Gasteiger charge is 2.16. The van der Waals surface area contributed by atoms with E-state index in [0.29, 0.717) is 31.1 Å². The van der Waals surface area contributed by atoms with Crippen molar-refractivity contribution < 1.29 is 9.32 Å². The molecule has 3 rings (SSSR count). The lowest BCUT2D eigenvalue weighted by molar-refractivity contribution is -0.121. The van der Waals surface area contributed by atoms with Crippen LogP contribution in [0.1, 0.15) is 23.2 Å². The van der Waals surface area contributed by atoms with Gasteiger partial charge in [-0.05, 0) is 25.5 Å². The van der Waals surface area contributed by atoms with Gasteiger partial charge in [-0.3, -0.25) is 4.79 Å². The van der Waals surface area contributed by atoms with Crippen molar-refractivity contribution in [3.8, 4) is 11.4 Å². The molecule has 0 bridgehead atoms. The Morgan fingerprint density at radius 3 is 2.73 bits per heavy atom. The second kappa shape index (κ2) is 8.73. The Labute approximate surface area is 156 Å². The van der Waals surface area contributed by atoms with E-state index in [0.717, 1.165) is 5.56 Å². The fraction of sp³-hybridized carbons (Fsp3) is 0.316. The summed E-state index contributed by atoms with van der Waals surface area (Å²) in [4.78, 5) is 19.9. The smallest absolute Gasteiger partial charge is 0.227 e. The van der Waals surface area contributed by atoms with Gasteiger partial charge in [0.2, 0.25) is 17.6 Å². The minimum Gasteiger partial charge on any atom is -0.354 e. The summed E-state index contributed by atoms with van der Waals surface area (Å²) < 4.78 is 5.24. The monoisotopic (exact) mass is 370 g/mol. The van der Waals surface area contributed by atoms with E-state index in [1.54, 1.807) is 11.3 Å².